The Morgan fingerprint density at radius 3 is 1.44 bits per heavy atom. The predicted molar refractivity (Wildman–Crippen MR) is 162 cm³/mol. The number of carbonyl (C=O) groups is 2. The van der Waals surface area contributed by atoms with Crippen molar-refractivity contribution in [1.82, 2.24) is 20.6 Å². The Balaban J connectivity index is 1.18. The summed E-state index contributed by atoms with van der Waals surface area (Å²) in [6.07, 6.45) is -8.57. The first-order valence-corrected chi connectivity index (χ1v) is 15.3. The fourth-order valence-corrected chi connectivity index (χ4v) is 7.06. The number of hydrogen-bond donors (Lipinski definition) is 10. The number of hydrogen-bond acceptors (Lipinski definition) is 11. The van der Waals surface area contributed by atoms with Crippen LogP contribution in [0.1, 0.15) is 21.0 Å². The zero-order chi connectivity index (χ0) is 31.8. The van der Waals surface area contributed by atoms with E-state index in [9.17, 15) is 40.2 Å². The van der Waals surface area contributed by atoms with E-state index >= 15 is 0 Å². The number of H-pyrrole nitrogens is 2. The predicted octanol–water partition coefficient (Wildman–Crippen LogP) is -0.843. The first kappa shape index (κ1) is 31.5. The molecule has 2 amide bonds. The molecule has 6 rings (SSSR count). The summed E-state index contributed by atoms with van der Waals surface area (Å²) in [7, 11) is 0. The lowest BCUT2D eigenvalue weighted by Crippen LogP contribution is -2.66. The van der Waals surface area contributed by atoms with Gasteiger partial charge in [-0.15, -0.1) is 0 Å². The monoisotopic (exact) mass is 642 g/mol. The number of amides is 2. The second-order valence-electron chi connectivity index (χ2n) is 11.1. The number of aromatic nitrogens is 2. The van der Waals surface area contributed by atoms with E-state index in [1.807, 2.05) is 24.3 Å². The van der Waals surface area contributed by atoms with Crippen molar-refractivity contribution in [3.63, 3.8) is 0 Å². The van der Waals surface area contributed by atoms with Gasteiger partial charge in [-0.25, -0.2) is 0 Å². The molecule has 10 atom stereocenters. The molecule has 2 fully saturated rings. The van der Waals surface area contributed by atoms with Crippen LogP contribution in [0.5, 0.6) is 0 Å². The standard InChI is InChI=1S/C30H34N4O10S/c35-11-19-23(37)21(33-27(41)17-9-13-5-1-3-7-15(13)31-17)25(39)29(43-19)45-30-26(40)22(24(38)20(12-36)44-30)34-28(42)18-10-14-6-2-4-8-16(14)32-18/h1-10,19-26,29-32,35-40H,11-12H2,(H,33,41)(H,34,42)/t19?,20?,21-,22?,23+,24+,25?,26?,29+,30+/m1/s1. The maximum Gasteiger partial charge on any atom is 0.268 e. The van der Waals surface area contributed by atoms with E-state index in [1.165, 1.54) is 0 Å². The molecule has 240 valence electrons. The lowest BCUT2D eigenvalue weighted by molar-refractivity contribution is -0.175. The molecule has 0 saturated carbocycles. The molecule has 0 bridgehead atoms. The Labute approximate surface area is 260 Å². The van der Waals surface area contributed by atoms with Gasteiger partial charge in [0.15, 0.2) is 0 Å². The number of aliphatic hydroxyl groups excluding tert-OH is 6. The van der Waals surface area contributed by atoms with Crippen molar-refractivity contribution in [2.75, 3.05) is 13.2 Å². The highest BCUT2D eigenvalue weighted by Gasteiger charge is 2.50. The fourth-order valence-electron chi connectivity index (χ4n) is 5.72. The number of carbonyl (C=O) groups excluding carboxylic acids is 2. The van der Waals surface area contributed by atoms with Crippen molar-refractivity contribution >= 4 is 45.4 Å². The molecule has 4 aromatic rings. The number of para-hydroxylation sites is 2. The van der Waals surface area contributed by atoms with Gasteiger partial charge in [0, 0.05) is 21.8 Å². The SMILES string of the molecule is O=C(NC1C(O)[C@H](S[C@@H]2OC(CO)[C@H](O)[C@@H](NC(=O)c3cc4ccccc4[nH]3)C2O)OC(CO)[C@@H]1O)c1cc2ccccc2[nH]1. The summed E-state index contributed by atoms with van der Waals surface area (Å²) >= 11 is 0.754. The van der Waals surface area contributed by atoms with Crippen LogP contribution in [-0.2, 0) is 9.47 Å². The Hall–Kier alpha value is -3.51. The van der Waals surface area contributed by atoms with Gasteiger partial charge in [0.1, 0.15) is 58.9 Å². The molecule has 0 radical (unpaired) electrons. The number of thioether (sulfide) groups is 1. The summed E-state index contributed by atoms with van der Waals surface area (Å²) in [4.78, 5) is 32.2. The van der Waals surface area contributed by atoms with Crippen LogP contribution >= 0.6 is 11.8 Å². The molecule has 0 aliphatic carbocycles. The smallest absolute Gasteiger partial charge is 0.268 e. The molecule has 2 aliphatic heterocycles. The minimum absolute atomic E-state index is 0.186. The van der Waals surface area contributed by atoms with Gasteiger partial charge < -0.3 is 60.7 Å². The van der Waals surface area contributed by atoms with E-state index in [1.54, 1.807) is 36.4 Å². The number of rotatable bonds is 8. The maximum absolute atomic E-state index is 13.1. The normalized spacial score (nSPS) is 32.0. The molecular formula is C30H34N4O10S. The van der Waals surface area contributed by atoms with E-state index in [4.69, 9.17) is 9.47 Å². The first-order chi connectivity index (χ1) is 21.7. The maximum atomic E-state index is 13.1. The third-order valence-corrected chi connectivity index (χ3v) is 9.50. The van der Waals surface area contributed by atoms with Gasteiger partial charge >= 0.3 is 0 Å². The van der Waals surface area contributed by atoms with Crippen molar-refractivity contribution in [3.8, 4) is 0 Å². The summed E-state index contributed by atoms with van der Waals surface area (Å²) < 4.78 is 11.5. The highest BCUT2D eigenvalue weighted by molar-refractivity contribution is 8.00. The Kier molecular flexibility index (Phi) is 9.15. The van der Waals surface area contributed by atoms with Crippen molar-refractivity contribution < 1.29 is 49.7 Å². The van der Waals surface area contributed by atoms with Gasteiger partial charge in [-0.1, -0.05) is 48.2 Å². The summed E-state index contributed by atoms with van der Waals surface area (Å²) in [5, 5.41) is 70.8. The first-order valence-electron chi connectivity index (χ1n) is 14.4. The number of nitrogens with one attached hydrogen (secondary N) is 4. The third kappa shape index (κ3) is 6.18. The number of ether oxygens (including phenoxy) is 2. The molecule has 5 unspecified atom stereocenters. The largest absolute Gasteiger partial charge is 0.394 e. The molecule has 0 spiro atoms. The summed E-state index contributed by atoms with van der Waals surface area (Å²) in [6, 6.07) is 15.1. The molecule has 14 nitrogen and oxygen atoms in total. The Morgan fingerprint density at radius 2 is 1.07 bits per heavy atom. The van der Waals surface area contributed by atoms with Crippen LogP contribution in [0.3, 0.4) is 0 Å². The molecule has 2 aliphatic rings. The van der Waals surface area contributed by atoms with Crippen LogP contribution in [0.4, 0.5) is 0 Å². The molecule has 10 N–H and O–H groups in total. The topological polar surface area (TPSA) is 230 Å². The van der Waals surface area contributed by atoms with Gasteiger partial charge in [-0.05, 0) is 24.3 Å². The van der Waals surface area contributed by atoms with Crippen LogP contribution in [0.2, 0.25) is 0 Å². The Bertz CT molecular complexity index is 1480. The lowest BCUT2D eigenvalue weighted by Gasteiger charge is -2.46. The average molecular weight is 643 g/mol. The van der Waals surface area contributed by atoms with E-state index < -0.39 is 84.6 Å². The van der Waals surface area contributed by atoms with Gasteiger partial charge in [0.25, 0.3) is 11.8 Å². The highest BCUT2D eigenvalue weighted by atomic mass is 32.2. The number of aliphatic hydroxyl groups is 6. The zero-order valence-electron chi connectivity index (χ0n) is 23.7. The van der Waals surface area contributed by atoms with Crippen LogP contribution in [0.15, 0.2) is 60.7 Å². The van der Waals surface area contributed by atoms with Crippen LogP contribution < -0.4 is 10.6 Å². The summed E-state index contributed by atoms with van der Waals surface area (Å²) in [5.41, 5.74) is -0.728. The van der Waals surface area contributed by atoms with Crippen LogP contribution in [-0.4, -0.2) is 125 Å². The van der Waals surface area contributed by atoms with Crippen LogP contribution in [0.25, 0.3) is 21.8 Å². The van der Waals surface area contributed by atoms with E-state index in [-0.39, 0.29) is 11.4 Å². The molecule has 2 saturated heterocycles. The van der Waals surface area contributed by atoms with Crippen molar-refractivity contribution in [2.24, 2.45) is 0 Å². The molecule has 2 aromatic carbocycles. The van der Waals surface area contributed by atoms with Crippen molar-refractivity contribution in [2.45, 2.75) is 59.6 Å². The van der Waals surface area contributed by atoms with Gasteiger partial charge in [0.05, 0.1) is 25.3 Å². The molecule has 45 heavy (non-hydrogen) atoms. The van der Waals surface area contributed by atoms with Crippen molar-refractivity contribution in [1.29, 1.82) is 0 Å². The molecule has 2 aromatic heterocycles. The molecule has 15 heteroatoms. The van der Waals surface area contributed by atoms with E-state index in [2.05, 4.69) is 20.6 Å². The third-order valence-electron chi connectivity index (χ3n) is 8.18. The second kappa shape index (κ2) is 13.1. The molecular weight excluding hydrogens is 608 g/mol. The van der Waals surface area contributed by atoms with Gasteiger partial charge in [-0.2, -0.15) is 0 Å². The van der Waals surface area contributed by atoms with Crippen molar-refractivity contribution in [3.05, 3.63) is 72.1 Å². The average Bonchev–Trinajstić information content (AvgIpc) is 3.68. The van der Waals surface area contributed by atoms with E-state index in [0.29, 0.717) is 11.0 Å². The van der Waals surface area contributed by atoms with E-state index in [0.717, 1.165) is 22.5 Å². The fraction of sp³-hybridized carbons (Fsp3) is 0.400. The quantitative estimate of drug-likeness (QED) is 0.114. The number of aromatic amines is 2. The lowest BCUT2D eigenvalue weighted by atomic mass is 9.96. The van der Waals surface area contributed by atoms with Crippen LogP contribution in [0, 0.1) is 0 Å². The molecule has 4 heterocycles. The highest BCUT2D eigenvalue weighted by Crippen LogP contribution is 2.37. The second-order valence-corrected chi connectivity index (χ2v) is 12.3. The number of benzene rings is 2. The minimum Gasteiger partial charge on any atom is -0.394 e. The zero-order valence-corrected chi connectivity index (χ0v) is 24.5. The summed E-state index contributed by atoms with van der Waals surface area (Å²) in [5.74, 6) is -1.23. The Morgan fingerprint density at radius 1 is 0.667 bits per heavy atom. The van der Waals surface area contributed by atoms with Gasteiger partial charge in [-0.3, -0.25) is 9.59 Å². The van der Waals surface area contributed by atoms with Gasteiger partial charge in [0.2, 0.25) is 0 Å². The number of fused-ring (bicyclic) bond motifs is 2. The summed E-state index contributed by atoms with van der Waals surface area (Å²) in [6.45, 7) is -1.31. The minimum atomic E-state index is -1.56.